The van der Waals surface area contributed by atoms with Crippen LogP contribution in [0.1, 0.15) is 42.2 Å². The lowest BCUT2D eigenvalue weighted by Gasteiger charge is -2.10. The number of rotatable bonds is 18. The zero-order valence-electron chi connectivity index (χ0n) is 62.8. The molecule has 0 radical (unpaired) electrons. The predicted molar refractivity (Wildman–Crippen MR) is 443 cm³/mol. The Morgan fingerprint density at radius 3 is 1.12 bits per heavy atom. The second-order valence-electron chi connectivity index (χ2n) is 24.6. The molecule has 0 amide bonds. The van der Waals surface area contributed by atoms with Gasteiger partial charge in [-0.1, -0.05) is 12.1 Å². The summed E-state index contributed by atoms with van der Waals surface area (Å²) in [6.07, 6.45) is 13.9. The molecule has 0 atom stereocenters. The quantitative estimate of drug-likeness (QED) is 0.0435. The molecule has 36 heteroatoms. The second-order valence-corrected chi connectivity index (χ2v) is 30.8. The molecule has 6 N–H and O–H groups in total. The molecule has 5 aromatic carbocycles. The van der Waals surface area contributed by atoms with Crippen LogP contribution in [0.25, 0.3) is 64.5 Å². The standard InChI is InChI=1S/C17H16N4O2S.C16H11F3N6S.C16H16N4O2S.C15H13FN4OS.C15H14N4S/c1-11-10-19-16(24-11)13-5-6-18-17(21-13)20-12-3-4-14-15(9-12)23-8-2-7-22-14;1-8-7-21-13(26-8)11-4-5-20-15(25-11)22-9-2-3-10-12(6-9)24-14(23-10)16(17,18)19;1-10-9-18-15(23-10)12-6-7-17-16(20-12)19-11-4-5-13(21-2)14(8-11)22-3;1-9-8-18-14(22-9)12-5-6-17-15(20-12)19-10-3-4-13(21-2)11(16)7-10;1-10-4-3-5-12(8-10)18-15-16-7-6-13(19-15)14-17-9-11(2)20-14/h3-6,9-10H,2,7-8H2,1H3,(H,18,20,21);2-7H,1H3,(H,23,24)(H,20,22,25);4-9H,1-3H3,(H,17,19,20);3-8H,1-2H3,(H,17,19,20);3-9H,1-2H3,(H,16,18,19). The van der Waals surface area contributed by atoms with Crippen LogP contribution in [0.2, 0.25) is 0 Å². The molecular weight excluding hydrogens is 1570 g/mol. The normalized spacial score (nSPS) is 11.4. The summed E-state index contributed by atoms with van der Waals surface area (Å²) in [7, 11) is 4.63. The highest BCUT2D eigenvalue weighted by atomic mass is 32.1. The number of anilines is 10. The first-order valence-electron chi connectivity index (χ1n) is 34.9. The summed E-state index contributed by atoms with van der Waals surface area (Å²) in [5, 5.41) is 19.8. The van der Waals surface area contributed by atoms with Crippen LogP contribution in [-0.4, -0.2) is 119 Å². The van der Waals surface area contributed by atoms with Crippen molar-refractivity contribution < 1.29 is 41.2 Å². The van der Waals surface area contributed by atoms with Crippen molar-refractivity contribution >= 4 is 126 Å². The maximum Gasteiger partial charge on any atom is 0.449 e. The van der Waals surface area contributed by atoms with Gasteiger partial charge < -0.3 is 55.3 Å². The number of aromatic nitrogens is 17. The van der Waals surface area contributed by atoms with E-state index in [2.05, 4.69) is 130 Å². The monoisotopic (exact) mass is 1640 g/mol. The van der Waals surface area contributed by atoms with Gasteiger partial charge in [0, 0.05) is 139 Å². The van der Waals surface area contributed by atoms with Crippen LogP contribution in [0.4, 0.5) is 75.7 Å². The Balaban J connectivity index is 0.000000126. The van der Waals surface area contributed by atoms with Crippen molar-refractivity contribution in [3.63, 3.8) is 0 Å². The average molecular weight is 1640 g/mol. The molecule has 0 saturated carbocycles. The molecule has 12 heterocycles. The lowest BCUT2D eigenvalue weighted by molar-refractivity contribution is -0.144. The van der Waals surface area contributed by atoms with Crippen molar-refractivity contribution in [1.82, 2.24) is 84.7 Å². The molecule has 0 unspecified atom stereocenters. The largest absolute Gasteiger partial charge is 0.494 e. The van der Waals surface area contributed by atoms with Gasteiger partial charge in [0.2, 0.25) is 35.6 Å². The number of imidazole rings is 1. The average Bonchev–Trinajstić information content (AvgIpc) is 1.66. The van der Waals surface area contributed by atoms with E-state index in [1.807, 2.05) is 120 Å². The number of hydrogen-bond donors (Lipinski definition) is 6. The van der Waals surface area contributed by atoms with Crippen molar-refractivity contribution in [3.8, 4) is 82.3 Å². The van der Waals surface area contributed by atoms with Gasteiger partial charge in [0.05, 0.1) is 45.6 Å². The number of ether oxygens (including phenoxy) is 5. The molecule has 11 aromatic heterocycles. The highest BCUT2D eigenvalue weighted by Gasteiger charge is 2.35. The molecule has 16 aromatic rings. The van der Waals surface area contributed by atoms with Gasteiger partial charge in [0.15, 0.2) is 34.6 Å². The number of hydrogen-bond acceptors (Lipinski definition) is 31. The third-order valence-electron chi connectivity index (χ3n) is 15.8. The highest BCUT2D eigenvalue weighted by Crippen LogP contribution is 2.37. The Hall–Kier alpha value is -13.2. The summed E-state index contributed by atoms with van der Waals surface area (Å²) in [5.74, 6) is 3.86. The zero-order chi connectivity index (χ0) is 80.4. The fraction of sp³-hybridized carbons (Fsp3) is 0.165. The maximum atomic E-state index is 13.7. The first-order chi connectivity index (χ1) is 55.7. The Morgan fingerprint density at radius 1 is 0.374 bits per heavy atom. The number of aryl methyl sites for hydroxylation is 6. The van der Waals surface area contributed by atoms with E-state index in [1.54, 1.807) is 133 Å². The minimum absolute atomic E-state index is 0.193. The molecule has 0 spiro atoms. The van der Waals surface area contributed by atoms with E-state index < -0.39 is 17.8 Å². The van der Waals surface area contributed by atoms with Crippen LogP contribution >= 0.6 is 56.7 Å². The third kappa shape index (κ3) is 22.0. The minimum Gasteiger partial charge on any atom is -0.494 e. The highest BCUT2D eigenvalue weighted by molar-refractivity contribution is 7.16. The van der Waals surface area contributed by atoms with Gasteiger partial charge in [-0.15, -0.1) is 56.7 Å². The molecule has 584 valence electrons. The van der Waals surface area contributed by atoms with Crippen LogP contribution in [0.15, 0.2) is 189 Å². The van der Waals surface area contributed by atoms with Crippen LogP contribution < -0.4 is 50.3 Å². The summed E-state index contributed by atoms with van der Waals surface area (Å²) >= 11 is 7.91. The van der Waals surface area contributed by atoms with Crippen molar-refractivity contribution in [2.75, 3.05) is 61.1 Å². The van der Waals surface area contributed by atoms with Crippen LogP contribution in [0, 0.1) is 47.4 Å². The van der Waals surface area contributed by atoms with E-state index in [0.29, 0.717) is 71.5 Å². The summed E-state index contributed by atoms with van der Waals surface area (Å²) in [4.78, 5) is 76.5. The SMILES string of the molecule is COc1ccc(Nc2nccc(-c3ncc(C)s3)n2)cc1F.COc1ccc(Nc2nccc(-c3ncc(C)s3)n2)cc1OC.Cc1cccc(Nc2nccc(-c3ncc(C)s3)n2)c1.Cc1cnc(-c2ccnc(Nc3ccc4c(c3)OCCCO4)n2)s1.Cc1cnc(-c2ccnc(Nc3ccc4nc(C(F)(F)F)[nH]c4c3)n2)s1. The number of methoxy groups -OCH3 is 3. The molecule has 1 aliphatic rings. The fourth-order valence-corrected chi connectivity index (χ4v) is 14.2. The summed E-state index contributed by atoms with van der Waals surface area (Å²) in [6, 6.07) is 37.7. The summed E-state index contributed by atoms with van der Waals surface area (Å²) in [6.45, 7) is 13.4. The van der Waals surface area contributed by atoms with Crippen LogP contribution in [0.3, 0.4) is 0 Å². The van der Waals surface area contributed by atoms with Gasteiger partial charge >= 0.3 is 6.18 Å². The molecule has 0 bridgehead atoms. The van der Waals surface area contributed by atoms with Crippen molar-refractivity contribution in [3.05, 3.63) is 231 Å². The number of nitrogens with one attached hydrogen (secondary N) is 6. The van der Waals surface area contributed by atoms with E-state index in [0.717, 1.165) is 102 Å². The fourth-order valence-electron chi connectivity index (χ4n) is 10.5. The van der Waals surface area contributed by atoms with E-state index in [9.17, 15) is 17.6 Å². The lowest BCUT2D eigenvalue weighted by Crippen LogP contribution is -2.06. The molecule has 1 aliphatic heterocycles. The first kappa shape index (κ1) is 79.9. The third-order valence-corrected chi connectivity index (χ3v) is 20.5. The predicted octanol–water partition coefficient (Wildman–Crippen LogP) is 19.8. The van der Waals surface area contributed by atoms with E-state index in [1.165, 1.54) is 47.1 Å². The zero-order valence-corrected chi connectivity index (χ0v) is 66.9. The van der Waals surface area contributed by atoms with Gasteiger partial charge in [-0.25, -0.2) is 84.1 Å². The molecule has 0 fully saturated rings. The van der Waals surface area contributed by atoms with Crippen molar-refractivity contribution in [2.45, 2.75) is 54.1 Å². The molecule has 17 rings (SSSR count). The number of aromatic amines is 1. The maximum absolute atomic E-state index is 13.7. The number of H-pyrrole nitrogens is 1. The summed E-state index contributed by atoms with van der Waals surface area (Å²) < 4.78 is 78.7. The number of halogens is 4. The van der Waals surface area contributed by atoms with Crippen LogP contribution in [-0.2, 0) is 6.18 Å². The molecule has 0 saturated heterocycles. The number of nitrogens with zero attached hydrogens (tertiary/aromatic N) is 16. The van der Waals surface area contributed by atoms with Gasteiger partial charge in [-0.05, 0) is 144 Å². The number of thiazole rings is 5. The van der Waals surface area contributed by atoms with Gasteiger partial charge in [-0.2, -0.15) is 13.2 Å². The van der Waals surface area contributed by atoms with Crippen molar-refractivity contribution in [1.29, 1.82) is 0 Å². The van der Waals surface area contributed by atoms with Gasteiger partial charge in [-0.3, -0.25) is 0 Å². The minimum atomic E-state index is -4.52. The lowest BCUT2D eigenvalue weighted by atomic mass is 10.2. The Kier molecular flexibility index (Phi) is 26.0. The van der Waals surface area contributed by atoms with Crippen LogP contribution in [0.5, 0.6) is 28.7 Å². The van der Waals surface area contributed by atoms with E-state index in [-0.39, 0.29) is 16.8 Å². The molecule has 0 aliphatic carbocycles. The second kappa shape index (κ2) is 37.4. The smallest absolute Gasteiger partial charge is 0.449 e. The number of fused-ring (bicyclic) bond motifs is 2. The molecular formula is C79H70F4N22O5S5. The van der Waals surface area contributed by atoms with Crippen molar-refractivity contribution in [2.24, 2.45) is 0 Å². The van der Waals surface area contributed by atoms with E-state index in [4.69, 9.17) is 23.7 Å². The summed E-state index contributed by atoms with van der Waals surface area (Å²) in [5.41, 5.74) is 9.28. The van der Waals surface area contributed by atoms with Gasteiger partial charge in [0.25, 0.3) is 0 Å². The Labute approximate surface area is 676 Å². The number of benzene rings is 5. The van der Waals surface area contributed by atoms with E-state index >= 15 is 0 Å². The molecule has 27 nitrogen and oxygen atoms in total. The topological polar surface area (TPSA) is 328 Å². The molecule has 115 heavy (non-hydrogen) atoms. The first-order valence-corrected chi connectivity index (χ1v) is 39.0. The van der Waals surface area contributed by atoms with Gasteiger partial charge in [0.1, 0.15) is 53.5 Å². The Bertz CT molecular complexity index is 5980. The number of alkyl halides is 3. The Morgan fingerprint density at radius 2 is 0.739 bits per heavy atom.